The average molecular weight is 293 g/mol. The molecule has 2 aliphatic rings. The Labute approximate surface area is 125 Å². The maximum Gasteiger partial charge on any atom is 0.229 e. The third kappa shape index (κ3) is 3.15. The first kappa shape index (κ1) is 15.7. The van der Waals surface area contributed by atoms with E-state index < -0.39 is 12.0 Å². The van der Waals surface area contributed by atoms with E-state index in [-0.39, 0.29) is 16.9 Å². The minimum Gasteiger partial charge on any atom is -0.544 e. The van der Waals surface area contributed by atoms with Gasteiger partial charge in [0.05, 0.1) is 19.2 Å². The quantitative estimate of drug-likeness (QED) is 0.697. The fourth-order valence-corrected chi connectivity index (χ4v) is 3.09. The minimum absolute atomic E-state index is 0.0687. The predicted octanol–water partition coefficient (Wildman–Crippen LogP) is 0.247. The van der Waals surface area contributed by atoms with Gasteiger partial charge < -0.3 is 14.8 Å². The molecule has 1 saturated heterocycles. The van der Waals surface area contributed by atoms with Gasteiger partial charge in [-0.25, -0.2) is 0 Å². The Morgan fingerprint density at radius 3 is 2.43 bits per heavy atom. The number of rotatable bonds is 4. The first-order chi connectivity index (χ1) is 9.84. The lowest BCUT2D eigenvalue weighted by Crippen LogP contribution is -2.56. The van der Waals surface area contributed by atoms with E-state index in [1.54, 1.807) is 11.9 Å². The topological polar surface area (TPSA) is 72.8 Å². The van der Waals surface area contributed by atoms with E-state index in [0.29, 0.717) is 0 Å². The maximum absolute atomic E-state index is 12.4. The van der Waals surface area contributed by atoms with E-state index in [1.807, 2.05) is 19.9 Å². The third-order valence-electron chi connectivity index (χ3n) is 4.45. The van der Waals surface area contributed by atoms with E-state index in [1.165, 1.54) is 0 Å². The summed E-state index contributed by atoms with van der Waals surface area (Å²) in [5, 5.41) is 16.0. The number of hydrogen-bond acceptors (Lipinski definition) is 4. The van der Waals surface area contributed by atoms with Crippen molar-refractivity contribution in [2.75, 3.05) is 20.1 Å². The van der Waals surface area contributed by atoms with Crippen molar-refractivity contribution >= 4 is 17.6 Å². The van der Waals surface area contributed by atoms with Crippen molar-refractivity contribution in [2.45, 2.75) is 45.6 Å². The summed E-state index contributed by atoms with van der Waals surface area (Å²) in [6.07, 6.45) is 4.89. The Balaban J connectivity index is 2.15. The highest BCUT2D eigenvalue weighted by atomic mass is 16.4. The smallest absolute Gasteiger partial charge is 0.229 e. The molecule has 1 fully saturated rings. The molecule has 2 heterocycles. The second kappa shape index (κ2) is 5.97. The van der Waals surface area contributed by atoms with Crippen LogP contribution in [0.2, 0.25) is 0 Å². The van der Waals surface area contributed by atoms with Gasteiger partial charge in [0.25, 0.3) is 0 Å². The van der Waals surface area contributed by atoms with Crippen LogP contribution in [0, 0.1) is 0 Å². The van der Waals surface area contributed by atoms with Gasteiger partial charge in [0.1, 0.15) is 11.7 Å². The zero-order chi connectivity index (χ0) is 15.6. The van der Waals surface area contributed by atoms with Crippen LogP contribution in [0.1, 0.15) is 39.5 Å². The molecule has 2 atom stereocenters. The number of piperidine rings is 1. The molecule has 0 bridgehead atoms. The van der Waals surface area contributed by atoms with Gasteiger partial charge in [-0.1, -0.05) is 5.10 Å². The highest BCUT2D eigenvalue weighted by Gasteiger charge is 2.42. The van der Waals surface area contributed by atoms with Crippen molar-refractivity contribution in [3.8, 4) is 0 Å². The second-order valence-corrected chi connectivity index (χ2v) is 6.03. The van der Waals surface area contributed by atoms with Crippen molar-refractivity contribution in [1.82, 2.24) is 4.90 Å². The van der Waals surface area contributed by atoms with Crippen molar-refractivity contribution in [3.63, 3.8) is 0 Å². The van der Waals surface area contributed by atoms with Gasteiger partial charge in [0.15, 0.2) is 6.04 Å². The molecule has 0 aromatic carbocycles. The summed E-state index contributed by atoms with van der Waals surface area (Å²) in [6, 6.07) is -0.979. The number of carbonyl (C=O) groups is 2. The maximum atomic E-state index is 12.4. The lowest BCUT2D eigenvalue weighted by atomic mass is 10.1. The highest BCUT2D eigenvalue weighted by Crippen LogP contribution is 2.28. The molecular formula is C15H23N3O3. The van der Waals surface area contributed by atoms with Crippen LogP contribution in [0.25, 0.3) is 0 Å². The molecule has 2 rings (SSSR count). The van der Waals surface area contributed by atoms with Crippen molar-refractivity contribution < 1.29 is 19.3 Å². The Kier molecular flexibility index (Phi) is 4.46. The van der Waals surface area contributed by atoms with Crippen LogP contribution in [0.15, 0.2) is 16.9 Å². The Morgan fingerprint density at radius 2 is 1.95 bits per heavy atom. The van der Waals surface area contributed by atoms with E-state index in [0.717, 1.165) is 43.8 Å². The molecule has 0 aromatic rings. The van der Waals surface area contributed by atoms with Gasteiger partial charge in [-0.15, -0.1) is 0 Å². The van der Waals surface area contributed by atoms with Crippen molar-refractivity contribution in [3.05, 3.63) is 11.8 Å². The van der Waals surface area contributed by atoms with Crippen LogP contribution >= 0.6 is 0 Å². The molecule has 6 nitrogen and oxygen atoms in total. The Morgan fingerprint density at radius 1 is 1.33 bits per heavy atom. The average Bonchev–Trinajstić information content (AvgIpc) is 2.70. The number of nitrogens with zero attached hydrogens (tertiary/aromatic N) is 3. The van der Waals surface area contributed by atoms with Crippen LogP contribution in [0.5, 0.6) is 0 Å². The zero-order valence-electron chi connectivity index (χ0n) is 13.0. The van der Waals surface area contributed by atoms with Gasteiger partial charge in [0.2, 0.25) is 5.91 Å². The highest BCUT2D eigenvalue weighted by molar-refractivity contribution is 5.94. The number of amides is 1. The Bertz CT molecular complexity index is 506. The third-order valence-corrected chi connectivity index (χ3v) is 4.45. The van der Waals surface area contributed by atoms with E-state index >= 15 is 0 Å². The molecular weight excluding hydrogens is 270 g/mol. The summed E-state index contributed by atoms with van der Waals surface area (Å²) in [5.41, 5.74) is 1.58. The van der Waals surface area contributed by atoms with Crippen molar-refractivity contribution in [1.29, 1.82) is 0 Å². The van der Waals surface area contributed by atoms with E-state index in [4.69, 9.17) is 0 Å². The summed E-state index contributed by atoms with van der Waals surface area (Å²) < 4.78 is -0.117. The van der Waals surface area contributed by atoms with Crippen LogP contribution < -0.4 is 5.11 Å². The van der Waals surface area contributed by atoms with Crippen LogP contribution in [0.3, 0.4) is 0 Å². The molecule has 116 valence electrons. The number of likely N-dealkylation sites (N-methyl/N-ethyl adjacent to an activating group) is 1. The fourth-order valence-electron chi connectivity index (χ4n) is 3.09. The van der Waals surface area contributed by atoms with Gasteiger partial charge in [-0.3, -0.25) is 4.79 Å². The summed E-state index contributed by atoms with van der Waals surface area (Å²) in [5.74, 6) is -1.34. The zero-order valence-corrected chi connectivity index (χ0v) is 13.0. The number of aliphatic carboxylic acids is 1. The molecule has 1 amide bonds. The SMILES string of the molecule is CC1=CC(C)=N[N+]1(C)[C@H](CC(=O)N1CCCCC1)C(=O)[O-]. The number of likely N-dealkylation sites (tertiary alicyclic amines) is 1. The molecule has 2 aliphatic heterocycles. The summed E-state index contributed by atoms with van der Waals surface area (Å²) in [7, 11) is 1.71. The van der Waals surface area contributed by atoms with Crippen LogP contribution in [0.4, 0.5) is 0 Å². The predicted molar refractivity (Wildman–Crippen MR) is 76.9 cm³/mol. The summed E-state index contributed by atoms with van der Waals surface area (Å²) in [6.45, 7) is 5.10. The lowest BCUT2D eigenvalue weighted by molar-refractivity contribution is -0.894. The standard InChI is InChI=1S/C15H23N3O3/c1-11-9-12(2)18(3,16-11)13(15(20)21)10-14(19)17-7-5-4-6-8-17/h9,13H,4-8,10H2,1-3H3/t13-,18?/m1/s1. The number of hydrogen-bond donors (Lipinski definition) is 0. The number of allylic oxidation sites excluding steroid dienone is 2. The van der Waals surface area contributed by atoms with Crippen LogP contribution in [-0.2, 0) is 9.59 Å². The largest absolute Gasteiger partial charge is 0.544 e. The van der Waals surface area contributed by atoms with Crippen molar-refractivity contribution in [2.24, 2.45) is 5.10 Å². The lowest BCUT2D eigenvalue weighted by Gasteiger charge is -2.35. The first-order valence-electron chi connectivity index (χ1n) is 7.45. The molecule has 21 heavy (non-hydrogen) atoms. The molecule has 1 unspecified atom stereocenters. The van der Waals surface area contributed by atoms with E-state index in [9.17, 15) is 14.7 Å². The van der Waals surface area contributed by atoms with Gasteiger partial charge in [0, 0.05) is 26.1 Å². The second-order valence-electron chi connectivity index (χ2n) is 6.03. The minimum atomic E-state index is -1.23. The normalized spacial score (nSPS) is 27.1. The molecule has 0 N–H and O–H groups in total. The number of quaternary nitrogens is 1. The van der Waals surface area contributed by atoms with Gasteiger partial charge in [-0.05, 0) is 26.2 Å². The van der Waals surface area contributed by atoms with Crippen LogP contribution in [-0.4, -0.2) is 53.3 Å². The monoisotopic (exact) mass is 293 g/mol. The number of carbonyl (C=O) groups excluding carboxylic acids is 2. The van der Waals surface area contributed by atoms with E-state index in [2.05, 4.69) is 5.10 Å². The number of carboxylic acid groups (broad SMARTS) is 1. The molecule has 0 radical (unpaired) electrons. The molecule has 6 heteroatoms. The summed E-state index contributed by atoms with van der Waals surface area (Å²) >= 11 is 0. The Hall–Kier alpha value is -1.69. The number of carboxylic acids is 1. The first-order valence-corrected chi connectivity index (χ1v) is 7.45. The molecule has 0 saturated carbocycles. The molecule has 0 aromatic heterocycles. The molecule has 0 aliphatic carbocycles. The summed E-state index contributed by atoms with van der Waals surface area (Å²) in [4.78, 5) is 25.7. The van der Waals surface area contributed by atoms with Gasteiger partial charge in [-0.2, -0.15) is 4.59 Å². The van der Waals surface area contributed by atoms with Gasteiger partial charge >= 0.3 is 0 Å². The fraction of sp³-hybridized carbons (Fsp3) is 0.667. The molecule has 0 spiro atoms.